The molecule has 0 bridgehead atoms. The van der Waals surface area contributed by atoms with Gasteiger partial charge in [0.05, 0.1) is 6.10 Å². The number of aliphatic hydroxyl groups is 1. The summed E-state index contributed by atoms with van der Waals surface area (Å²) in [5, 5.41) is 13.2. The molecule has 5 nitrogen and oxygen atoms in total. The lowest BCUT2D eigenvalue weighted by atomic mass is 9.91. The SMILES string of the molecule is Cc1cccc(NC(=O)N2CCN(C3CCCCC3O)CC2)c1. The second-order valence-electron chi connectivity index (χ2n) is 6.74. The molecule has 2 amide bonds. The Morgan fingerprint density at radius 3 is 2.61 bits per heavy atom. The van der Waals surface area contributed by atoms with Gasteiger partial charge >= 0.3 is 6.03 Å². The summed E-state index contributed by atoms with van der Waals surface area (Å²) in [6.45, 7) is 5.16. The maximum Gasteiger partial charge on any atom is 0.321 e. The van der Waals surface area contributed by atoms with Crippen molar-refractivity contribution >= 4 is 11.7 Å². The van der Waals surface area contributed by atoms with Crippen LogP contribution in [0.15, 0.2) is 24.3 Å². The normalized spacial score (nSPS) is 26.1. The fourth-order valence-corrected chi connectivity index (χ4v) is 3.70. The third-order valence-electron chi connectivity index (χ3n) is 5.03. The molecule has 5 heteroatoms. The molecule has 23 heavy (non-hydrogen) atoms. The number of piperazine rings is 1. The van der Waals surface area contributed by atoms with Crippen LogP contribution in [0.1, 0.15) is 31.2 Å². The van der Waals surface area contributed by atoms with Crippen molar-refractivity contribution in [2.75, 3.05) is 31.5 Å². The van der Waals surface area contributed by atoms with E-state index in [4.69, 9.17) is 0 Å². The number of aliphatic hydroxyl groups excluding tert-OH is 1. The molecule has 3 rings (SSSR count). The van der Waals surface area contributed by atoms with Crippen molar-refractivity contribution in [1.82, 2.24) is 9.80 Å². The van der Waals surface area contributed by atoms with Gasteiger partial charge in [-0.2, -0.15) is 0 Å². The summed E-state index contributed by atoms with van der Waals surface area (Å²) >= 11 is 0. The molecule has 126 valence electrons. The van der Waals surface area contributed by atoms with E-state index in [1.54, 1.807) is 0 Å². The van der Waals surface area contributed by atoms with Crippen LogP contribution >= 0.6 is 0 Å². The van der Waals surface area contributed by atoms with Gasteiger partial charge < -0.3 is 15.3 Å². The van der Waals surface area contributed by atoms with Gasteiger partial charge in [-0.25, -0.2) is 4.79 Å². The summed E-state index contributed by atoms with van der Waals surface area (Å²) in [5.41, 5.74) is 1.99. The first-order chi connectivity index (χ1) is 11.1. The van der Waals surface area contributed by atoms with Crippen LogP contribution in [0.3, 0.4) is 0 Å². The predicted octanol–water partition coefficient (Wildman–Crippen LogP) is 2.45. The second kappa shape index (κ2) is 7.32. The van der Waals surface area contributed by atoms with Crippen LogP contribution in [0.5, 0.6) is 0 Å². The first-order valence-corrected chi connectivity index (χ1v) is 8.68. The highest BCUT2D eigenvalue weighted by Gasteiger charge is 2.31. The molecule has 2 unspecified atom stereocenters. The van der Waals surface area contributed by atoms with Crippen LogP contribution < -0.4 is 5.32 Å². The summed E-state index contributed by atoms with van der Waals surface area (Å²) in [7, 11) is 0. The van der Waals surface area contributed by atoms with Crippen LogP contribution in [0.4, 0.5) is 10.5 Å². The Morgan fingerprint density at radius 1 is 1.17 bits per heavy atom. The molecular weight excluding hydrogens is 290 g/mol. The molecule has 1 aromatic carbocycles. The molecule has 2 fully saturated rings. The number of hydrogen-bond donors (Lipinski definition) is 2. The smallest absolute Gasteiger partial charge is 0.321 e. The zero-order valence-corrected chi connectivity index (χ0v) is 13.9. The maximum atomic E-state index is 12.4. The van der Waals surface area contributed by atoms with Crippen molar-refractivity contribution in [3.8, 4) is 0 Å². The van der Waals surface area contributed by atoms with Crippen LogP contribution in [-0.2, 0) is 0 Å². The zero-order valence-electron chi connectivity index (χ0n) is 13.9. The number of amides is 2. The molecular formula is C18H27N3O2. The molecule has 1 saturated carbocycles. The van der Waals surface area contributed by atoms with E-state index >= 15 is 0 Å². The van der Waals surface area contributed by atoms with E-state index in [2.05, 4.69) is 10.2 Å². The average Bonchev–Trinajstić information content (AvgIpc) is 2.55. The topological polar surface area (TPSA) is 55.8 Å². The summed E-state index contributed by atoms with van der Waals surface area (Å²) in [4.78, 5) is 16.6. The van der Waals surface area contributed by atoms with Crippen molar-refractivity contribution in [1.29, 1.82) is 0 Å². The Balaban J connectivity index is 1.51. The van der Waals surface area contributed by atoms with Crippen molar-refractivity contribution in [3.05, 3.63) is 29.8 Å². The van der Waals surface area contributed by atoms with Gasteiger partial charge in [0.25, 0.3) is 0 Å². The summed E-state index contributed by atoms with van der Waals surface area (Å²) < 4.78 is 0. The lowest BCUT2D eigenvalue weighted by Crippen LogP contribution is -2.56. The minimum Gasteiger partial charge on any atom is -0.391 e. The molecule has 0 aromatic heterocycles. The van der Waals surface area contributed by atoms with E-state index in [0.29, 0.717) is 0 Å². The number of aryl methyl sites for hydroxylation is 1. The van der Waals surface area contributed by atoms with Gasteiger partial charge in [0.1, 0.15) is 0 Å². The van der Waals surface area contributed by atoms with E-state index in [1.165, 1.54) is 6.42 Å². The van der Waals surface area contributed by atoms with Crippen LogP contribution in [0.25, 0.3) is 0 Å². The molecule has 0 spiro atoms. The lowest BCUT2D eigenvalue weighted by Gasteiger charge is -2.42. The Bertz CT molecular complexity index is 541. The van der Waals surface area contributed by atoms with Crippen molar-refractivity contribution in [3.63, 3.8) is 0 Å². The standard InChI is InChI=1S/C18H27N3O2/c1-14-5-4-6-15(13-14)19-18(23)21-11-9-20(10-12-21)16-7-2-3-8-17(16)22/h4-6,13,16-17,22H,2-3,7-12H2,1H3,(H,19,23). The van der Waals surface area contributed by atoms with Gasteiger partial charge in [-0.05, 0) is 37.5 Å². The fourth-order valence-electron chi connectivity index (χ4n) is 3.70. The highest BCUT2D eigenvalue weighted by atomic mass is 16.3. The van der Waals surface area contributed by atoms with Crippen molar-refractivity contribution in [2.45, 2.75) is 44.8 Å². The molecule has 2 N–H and O–H groups in total. The fraction of sp³-hybridized carbons (Fsp3) is 0.611. The molecule has 1 aliphatic heterocycles. The Hall–Kier alpha value is -1.59. The molecule has 2 aliphatic rings. The largest absolute Gasteiger partial charge is 0.391 e. The van der Waals surface area contributed by atoms with Gasteiger partial charge in [-0.3, -0.25) is 4.90 Å². The lowest BCUT2D eigenvalue weighted by molar-refractivity contribution is 0.00275. The Kier molecular flexibility index (Phi) is 5.18. The molecule has 1 aliphatic carbocycles. The molecule has 0 radical (unpaired) electrons. The van der Waals surface area contributed by atoms with Gasteiger partial charge in [-0.15, -0.1) is 0 Å². The molecule has 1 saturated heterocycles. The molecule has 1 aromatic rings. The summed E-state index contributed by atoms with van der Waals surface area (Å²) in [6, 6.07) is 8.12. The minimum atomic E-state index is -0.198. The number of carbonyl (C=O) groups is 1. The van der Waals surface area contributed by atoms with E-state index in [1.807, 2.05) is 36.1 Å². The first kappa shape index (κ1) is 16.3. The van der Waals surface area contributed by atoms with Crippen molar-refractivity contribution < 1.29 is 9.90 Å². The van der Waals surface area contributed by atoms with Crippen LogP contribution in [0.2, 0.25) is 0 Å². The quantitative estimate of drug-likeness (QED) is 0.881. The van der Waals surface area contributed by atoms with E-state index < -0.39 is 0 Å². The number of carbonyl (C=O) groups excluding carboxylic acids is 1. The second-order valence-corrected chi connectivity index (χ2v) is 6.74. The number of rotatable bonds is 2. The maximum absolute atomic E-state index is 12.4. The molecule has 1 heterocycles. The van der Waals surface area contributed by atoms with E-state index in [0.717, 1.165) is 56.7 Å². The number of nitrogens with zero attached hydrogens (tertiary/aromatic N) is 2. The highest BCUT2D eigenvalue weighted by Crippen LogP contribution is 2.24. The Morgan fingerprint density at radius 2 is 1.91 bits per heavy atom. The van der Waals surface area contributed by atoms with E-state index in [9.17, 15) is 9.90 Å². The van der Waals surface area contributed by atoms with Crippen LogP contribution in [-0.4, -0.2) is 59.3 Å². The Labute approximate surface area is 138 Å². The summed E-state index contributed by atoms with van der Waals surface area (Å²) in [6.07, 6.45) is 4.14. The summed E-state index contributed by atoms with van der Waals surface area (Å²) in [5.74, 6) is 0. The number of hydrogen-bond acceptors (Lipinski definition) is 3. The average molecular weight is 317 g/mol. The van der Waals surface area contributed by atoms with Gasteiger partial charge in [0, 0.05) is 37.9 Å². The third kappa shape index (κ3) is 4.03. The molecule has 2 atom stereocenters. The zero-order chi connectivity index (χ0) is 16.2. The number of nitrogens with one attached hydrogen (secondary N) is 1. The van der Waals surface area contributed by atoms with Crippen molar-refractivity contribution in [2.24, 2.45) is 0 Å². The first-order valence-electron chi connectivity index (χ1n) is 8.68. The van der Waals surface area contributed by atoms with E-state index in [-0.39, 0.29) is 18.2 Å². The van der Waals surface area contributed by atoms with Crippen LogP contribution in [0, 0.1) is 6.92 Å². The monoisotopic (exact) mass is 317 g/mol. The number of benzene rings is 1. The minimum absolute atomic E-state index is 0.0283. The number of anilines is 1. The van der Waals surface area contributed by atoms with Gasteiger partial charge in [0.15, 0.2) is 0 Å². The third-order valence-corrected chi connectivity index (χ3v) is 5.03. The predicted molar refractivity (Wildman–Crippen MR) is 91.6 cm³/mol. The number of urea groups is 1. The van der Waals surface area contributed by atoms with Gasteiger partial charge in [-0.1, -0.05) is 25.0 Å². The highest BCUT2D eigenvalue weighted by molar-refractivity contribution is 5.89. The van der Waals surface area contributed by atoms with Gasteiger partial charge in [0.2, 0.25) is 0 Å².